The highest BCUT2D eigenvalue weighted by Crippen LogP contribution is 2.20. The zero-order valence-corrected chi connectivity index (χ0v) is 10.8. The molecule has 0 saturated carbocycles. The van der Waals surface area contributed by atoms with Crippen molar-refractivity contribution >= 4 is 15.9 Å². The first-order chi connectivity index (χ1) is 7.17. The Morgan fingerprint density at radius 2 is 2.20 bits per heavy atom. The normalized spacial score (nSPS) is 12.1. The smallest absolute Gasteiger partial charge is 0.0943 e. The molecule has 1 atom stereocenters. The van der Waals surface area contributed by atoms with Crippen LogP contribution in [-0.2, 0) is 0 Å². The van der Waals surface area contributed by atoms with Gasteiger partial charge in [-0.15, -0.1) is 6.42 Å². The largest absolute Gasteiger partial charge is 0.300 e. The summed E-state index contributed by atoms with van der Waals surface area (Å²) in [6.07, 6.45) is 6.61. The minimum absolute atomic E-state index is 0.0150. The molecule has 1 aromatic carbocycles. The van der Waals surface area contributed by atoms with Gasteiger partial charge >= 0.3 is 0 Å². The number of nitrogens with one attached hydrogen (secondary N) is 1. The summed E-state index contributed by atoms with van der Waals surface area (Å²) in [6.45, 7) is 5.15. The van der Waals surface area contributed by atoms with E-state index in [4.69, 9.17) is 6.42 Å². The molecule has 80 valence electrons. The maximum atomic E-state index is 5.52. The quantitative estimate of drug-likeness (QED) is 0.823. The van der Waals surface area contributed by atoms with Crippen molar-refractivity contribution in [2.24, 2.45) is 0 Å². The topological polar surface area (TPSA) is 12.0 Å². The van der Waals surface area contributed by atoms with Gasteiger partial charge in [-0.25, -0.2) is 0 Å². The van der Waals surface area contributed by atoms with Gasteiger partial charge in [-0.2, -0.15) is 0 Å². The zero-order valence-electron chi connectivity index (χ0n) is 9.18. The summed E-state index contributed by atoms with van der Waals surface area (Å²) in [7, 11) is 0. The molecule has 0 aliphatic carbocycles. The lowest BCUT2D eigenvalue weighted by atomic mass is 10.1. The number of hydrogen-bond donors (Lipinski definition) is 1. The van der Waals surface area contributed by atoms with Gasteiger partial charge in [0.15, 0.2) is 0 Å². The first kappa shape index (κ1) is 12.3. The van der Waals surface area contributed by atoms with E-state index in [-0.39, 0.29) is 6.04 Å². The minimum atomic E-state index is 0.0150. The van der Waals surface area contributed by atoms with E-state index in [0.717, 1.165) is 23.0 Å². The van der Waals surface area contributed by atoms with E-state index in [2.05, 4.69) is 59.2 Å². The Labute approximate surface area is 100 Å². The average molecular weight is 266 g/mol. The minimum Gasteiger partial charge on any atom is -0.300 e. The molecule has 0 heterocycles. The molecule has 1 aromatic rings. The highest BCUT2D eigenvalue weighted by molar-refractivity contribution is 9.10. The molecule has 1 nitrogen and oxygen atoms in total. The third-order valence-electron chi connectivity index (χ3n) is 2.16. The van der Waals surface area contributed by atoms with E-state index in [1.165, 1.54) is 5.56 Å². The highest BCUT2D eigenvalue weighted by Gasteiger charge is 2.07. The third kappa shape index (κ3) is 3.70. The van der Waals surface area contributed by atoms with Crippen LogP contribution >= 0.6 is 15.9 Å². The lowest BCUT2D eigenvalue weighted by Crippen LogP contribution is -2.20. The number of rotatable bonds is 4. The van der Waals surface area contributed by atoms with Gasteiger partial charge in [0.25, 0.3) is 0 Å². The van der Waals surface area contributed by atoms with Crippen LogP contribution in [0.2, 0.25) is 0 Å². The molecule has 0 aliphatic rings. The predicted molar refractivity (Wildman–Crippen MR) is 68.7 cm³/mol. The number of hydrogen-bond acceptors (Lipinski definition) is 1. The average Bonchev–Trinajstić information content (AvgIpc) is 2.17. The molecule has 0 spiro atoms. The van der Waals surface area contributed by atoms with Crippen LogP contribution in [0.3, 0.4) is 0 Å². The van der Waals surface area contributed by atoms with Crippen LogP contribution in [0.25, 0.3) is 0 Å². The summed E-state index contributed by atoms with van der Waals surface area (Å²) in [6, 6.07) is 6.29. The second-order valence-electron chi connectivity index (χ2n) is 3.62. The van der Waals surface area contributed by atoms with Crippen LogP contribution in [0.4, 0.5) is 0 Å². The van der Waals surface area contributed by atoms with Crippen LogP contribution in [0, 0.1) is 19.3 Å². The lowest BCUT2D eigenvalue weighted by Gasteiger charge is -2.13. The van der Waals surface area contributed by atoms with Crippen LogP contribution in [0.1, 0.15) is 30.5 Å². The van der Waals surface area contributed by atoms with Crippen LogP contribution < -0.4 is 5.32 Å². The van der Waals surface area contributed by atoms with Gasteiger partial charge in [0.05, 0.1) is 6.04 Å². The third-order valence-corrected chi connectivity index (χ3v) is 2.62. The molecule has 0 amide bonds. The van der Waals surface area contributed by atoms with Crippen molar-refractivity contribution in [2.75, 3.05) is 6.54 Å². The molecule has 0 aliphatic heterocycles. The first-order valence-electron chi connectivity index (χ1n) is 5.14. The maximum absolute atomic E-state index is 5.52. The lowest BCUT2D eigenvalue weighted by molar-refractivity contribution is 0.626. The number of halogens is 1. The Morgan fingerprint density at radius 1 is 1.47 bits per heavy atom. The highest BCUT2D eigenvalue weighted by atomic mass is 79.9. The molecule has 0 bridgehead atoms. The van der Waals surface area contributed by atoms with E-state index >= 15 is 0 Å². The second kappa shape index (κ2) is 5.95. The van der Waals surface area contributed by atoms with Crippen molar-refractivity contribution in [3.05, 3.63) is 33.8 Å². The van der Waals surface area contributed by atoms with E-state index in [1.54, 1.807) is 0 Å². The van der Waals surface area contributed by atoms with Gasteiger partial charge < -0.3 is 5.32 Å². The fourth-order valence-electron chi connectivity index (χ4n) is 1.49. The van der Waals surface area contributed by atoms with Gasteiger partial charge in [-0.1, -0.05) is 34.8 Å². The van der Waals surface area contributed by atoms with Crippen molar-refractivity contribution in [2.45, 2.75) is 26.3 Å². The fourth-order valence-corrected chi connectivity index (χ4v) is 2.12. The summed E-state index contributed by atoms with van der Waals surface area (Å²) in [4.78, 5) is 0. The van der Waals surface area contributed by atoms with Crippen LogP contribution in [-0.4, -0.2) is 6.54 Å². The Morgan fingerprint density at radius 3 is 2.73 bits per heavy atom. The maximum Gasteiger partial charge on any atom is 0.0943 e. The summed E-state index contributed by atoms with van der Waals surface area (Å²) in [5.74, 6) is 2.78. The molecule has 2 heteroatoms. The molecular formula is C13H16BrN. The summed E-state index contributed by atoms with van der Waals surface area (Å²) in [5, 5.41) is 3.33. The standard InChI is InChI=1S/C13H16BrN/c1-4-6-15-13(5-2)11-7-10(3)8-12(14)9-11/h2,7-9,13,15H,4,6H2,1,3H3. The van der Waals surface area contributed by atoms with E-state index in [1.807, 2.05) is 0 Å². The van der Waals surface area contributed by atoms with Crippen molar-refractivity contribution in [3.8, 4) is 12.3 Å². The van der Waals surface area contributed by atoms with Crippen molar-refractivity contribution in [3.63, 3.8) is 0 Å². The monoisotopic (exact) mass is 265 g/mol. The molecule has 1 rings (SSSR count). The van der Waals surface area contributed by atoms with E-state index in [0.29, 0.717) is 0 Å². The van der Waals surface area contributed by atoms with Crippen LogP contribution in [0.15, 0.2) is 22.7 Å². The summed E-state index contributed by atoms with van der Waals surface area (Å²) in [5.41, 5.74) is 2.37. The summed E-state index contributed by atoms with van der Waals surface area (Å²) >= 11 is 3.48. The molecule has 0 fully saturated rings. The summed E-state index contributed by atoms with van der Waals surface area (Å²) < 4.78 is 1.08. The molecular weight excluding hydrogens is 250 g/mol. The first-order valence-corrected chi connectivity index (χ1v) is 5.93. The molecule has 0 aromatic heterocycles. The molecule has 1 unspecified atom stereocenters. The van der Waals surface area contributed by atoms with Gasteiger partial charge in [0.2, 0.25) is 0 Å². The Kier molecular flexibility index (Phi) is 4.87. The van der Waals surface area contributed by atoms with Gasteiger partial charge in [0.1, 0.15) is 0 Å². The van der Waals surface area contributed by atoms with E-state index in [9.17, 15) is 0 Å². The van der Waals surface area contributed by atoms with Gasteiger partial charge in [-0.05, 0) is 43.1 Å². The SMILES string of the molecule is C#CC(NCCC)c1cc(C)cc(Br)c1. The van der Waals surface area contributed by atoms with Gasteiger partial charge in [-0.3, -0.25) is 0 Å². The number of benzene rings is 1. The molecule has 1 N–H and O–H groups in total. The number of aryl methyl sites for hydroxylation is 1. The predicted octanol–water partition coefficient (Wildman–Crippen LogP) is 3.43. The second-order valence-corrected chi connectivity index (χ2v) is 4.53. The Hall–Kier alpha value is -0.780. The Bertz CT molecular complexity index is 345. The van der Waals surface area contributed by atoms with Gasteiger partial charge in [0, 0.05) is 4.47 Å². The number of terminal acetylenes is 1. The molecule has 0 radical (unpaired) electrons. The van der Waals surface area contributed by atoms with Crippen molar-refractivity contribution in [1.82, 2.24) is 5.32 Å². The fraction of sp³-hybridized carbons (Fsp3) is 0.385. The zero-order chi connectivity index (χ0) is 11.3. The molecule has 15 heavy (non-hydrogen) atoms. The van der Waals surface area contributed by atoms with Crippen LogP contribution in [0.5, 0.6) is 0 Å². The Balaban J connectivity index is 2.87. The van der Waals surface area contributed by atoms with E-state index < -0.39 is 0 Å². The molecule has 0 saturated heterocycles. The van der Waals surface area contributed by atoms with Crippen molar-refractivity contribution in [1.29, 1.82) is 0 Å². The van der Waals surface area contributed by atoms with Crippen molar-refractivity contribution < 1.29 is 0 Å².